The van der Waals surface area contributed by atoms with Crippen LogP contribution in [-0.4, -0.2) is 50.0 Å². The number of rotatable bonds is 6. The van der Waals surface area contributed by atoms with Gasteiger partial charge < -0.3 is 15.2 Å². The third kappa shape index (κ3) is 3.42. The maximum absolute atomic E-state index is 12.6. The number of hydrogen-bond donors (Lipinski definition) is 1. The first-order chi connectivity index (χ1) is 14.0. The van der Waals surface area contributed by atoms with E-state index in [1.807, 2.05) is 0 Å². The first-order valence-corrected chi connectivity index (χ1v) is 8.54. The molecule has 0 spiro atoms. The Bertz CT molecular complexity index is 1170. The van der Waals surface area contributed by atoms with Gasteiger partial charge in [0.1, 0.15) is 6.54 Å². The average Bonchev–Trinajstić information content (AvgIpc) is 3.28. The summed E-state index contributed by atoms with van der Waals surface area (Å²) in [7, 11) is 3.02. The van der Waals surface area contributed by atoms with Crippen LogP contribution in [0.1, 0.15) is 0 Å². The molecule has 29 heavy (non-hydrogen) atoms. The SMILES string of the molecule is COc1cc(-c2ccn3nc(N)c(-c4cnn(CC(F)F)c4)c3n2)cnc1OC. The predicted octanol–water partition coefficient (Wildman–Crippen LogP) is 2.52. The Hall–Kier alpha value is -3.76. The van der Waals surface area contributed by atoms with Gasteiger partial charge in [-0.05, 0) is 12.1 Å². The minimum atomic E-state index is -2.51. The Labute approximate surface area is 163 Å². The van der Waals surface area contributed by atoms with Crippen molar-refractivity contribution in [1.82, 2.24) is 29.4 Å². The highest BCUT2D eigenvalue weighted by molar-refractivity contribution is 5.86. The molecule has 4 heterocycles. The van der Waals surface area contributed by atoms with Gasteiger partial charge in [-0.3, -0.25) is 4.68 Å². The number of nitrogens with zero attached hydrogens (tertiary/aromatic N) is 6. The number of fused-ring (bicyclic) bond motifs is 1. The summed E-state index contributed by atoms with van der Waals surface area (Å²) in [6.07, 6.45) is 3.76. The number of anilines is 1. The smallest absolute Gasteiger partial charge is 0.257 e. The number of aromatic nitrogens is 6. The van der Waals surface area contributed by atoms with Crippen LogP contribution in [0, 0.1) is 0 Å². The fraction of sp³-hybridized carbons (Fsp3) is 0.222. The predicted molar refractivity (Wildman–Crippen MR) is 101 cm³/mol. The molecule has 11 heteroatoms. The van der Waals surface area contributed by atoms with Crippen molar-refractivity contribution in [3.63, 3.8) is 0 Å². The number of nitrogens with two attached hydrogens (primary N) is 1. The Kier molecular flexibility index (Phi) is 4.71. The minimum absolute atomic E-state index is 0.219. The lowest BCUT2D eigenvalue weighted by Gasteiger charge is -2.08. The van der Waals surface area contributed by atoms with Crippen molar-refractivity contribution in [2.75, 3.05) is 20.0 Å². The lowest BCUT2D eigenvalue weighted by atomic mass is 10.1. The van der Waals surface area contributed by atoms with E-state index in [1.54, 1.807) is 24.5 Å². The molecule has 2 N–H and O–H groups in total. The number of halogens is 2. The largest absolute Gasteiger partial charge is 0.491 e. The zero-order valence-electron chi connectivity index (χ0n) is 15.6. The maximum Gasteiger partial charge on any atom is 0.257 e. The summed E-state index contributed by atoms with van der Waals surface area (Å²) in [5.74, 6) is 1.04. The van der Waals surface area contributed by atoms with E-state index >= 15 is 0 Å². The van der Waals surface area contributed by atoms with E-state index in [2.05, 4.69) is 20.2 Å². The van der Waals surface area contributed by atoms with Crippen LogP contribution in [0.5, 0.6) is 11.6 Å². The normalized spacial score (nSPS) is 11.3. The van der Waals surface area contributed by atoms with Crippen molar-refractivity contribution < 1.29 is 18.3 Å². The third-order valence-corrected chi connectivity index (χ3v) is 4.29. The summed E-state index contributed by atoms with van der Waals surface area (Å²) >= 11 is 0. The van der Waals surface area contributed by atoms with E-state index in [1.165, 1.54) is 31.1 Å². The van der Waals surface area contributed by atoms with Crippen LogP contribution in [0.4, 0.5) is 14.6 Å². The van der Waals surface area contributed by atoms with Crippen LogP contribution < -0.4 is 15.2 Å². The molecule has 0 fully saturated rings. The highest BCUT2D eigenvalue weighted by Crippen LogP contribution is 2.32. The topological polar surface area (TPSA) is 105 Å². The lowest BCUT2D eigenvalue weighted by molar-refractivity contribution is 0.122. The molecule has 0 aliphatic heterocycles. The Morgan fingerprint density at radius 2 is 2.00 bits per heavy atom. The van der Waals surface area contributed by atoms with Crippen LogP contribution in [0.25, 0.3) is 28.0 Å². The van der Waals surface area contributed by atoms with Gasteiger partial charge in [0.2, 0.25) is 0 Å². The van der Waals surface area contributed by atoms with E-state index in [9.17, 15) is 8.78 Å². The molecule has 0 aliphatic rings. The van der Waals surface area contributed by atoms with E-state index < -0.39 is 13.0 Å². The fourth-order valence-corrected chi connectivity index (χ4v) is 2.99. The highest BCUT2D eigenvalue weighted by Gasteiger charge is 2.18. The molecule has 0 aliphatic carbocycles. The Morgan fingerprint density at radius 3 is 2.72 bits per heavy atom. The average molecular weight is 401 g/mol. The van der Waals surface area contributed by atoms with Crippen molar-refractivity contribution in [3.8, 4) is 34.0 Å². The number of methoxy groups -OCH3 is 2. The monoisotopic (exact) mass is 401 g/mol. The number of ether oxygens (including phenoxy) is 2. The van der Waals surface area contributed by atoms with Crippen LogP contribution >= 0.6 is 0 Å². The van der Waals surface area contributed by atoms with Gasteiger partial charge in [-0.15, -0.1) is 5.10 Å². The molecular weight excluding hydrogens is 384 g/mol. The second-order valence-electron chi connectivity index (χ2n) is 6.12. The van der Waals surface area contributed by atoms with Crippen molar-refractivity contribution in [2.24, 2.45) is 0 Å². The van der Waals surface area contributed by atoms with Crippen molar-refractivity contribution in [2.45, 2.75) is 13.0 Å². The molecule has 0 bridgehead atoms. The second-order valence-corrected chi connectivity index (χ2v) is 6.12. The number of hydrogen-bond acceptors (Lipinski definition) is 7. The van der Waals surface area contributed by atoms with Gasteiger partial charge >= 0.3 is 0 Å². The molecule has 0 amide bonds. The summed E-state index contributed by atoms with van der Waals surface area (Å²) in [5.41, 5.74) is 8.89. The van der Waals surface area contributed by atoms with Gasteiger partial charge in [0.25, 0.3) is 12.3 Å². The van der Waals surface area contributed by atoms with Gasteiger partial charge in [-0.25, -0.2) is 23.3 Å². The fourth-order valence-electron chi connectivity index (χ4n) is 2.99. The summed E-state index contributed by atoms with van der Waals surface area (Å²) in [5, 5.41) is 8.20. The molecule has 150 valence electrons. The Balaban J connectivity index is 1.80. The molecule has 9 nitrogen and oxygen atoms in total. The quantitative estimate of drug-likeness (QED) is 0.529. The van der Waals surface area contributed by atoms with Gasteiger partial charge in [0, 0.05) is 29.7 Å². The van der Waals surface area contributed by atoms with Crippen LogP contribution in [0.15, 0.2) is 36.9 Å². The summed E-state index contributed by atoms with van der Waals surface area (Å²) in [6.45, 7) is -0.505. The first kappa shape index (κ1) is 18.6. The molecule has 0 radical (unpaired) electrons. The van der Waals surface area contributed by atoms with Gasteiger partial charge in [0.05, 0.1) is 31.7 Å². The van der Waals surface area contributed by atoms with Crippen LogP contribution in [0.3, 0.4) is 0 Å². The molecule has 0 saturated heterocycles. The third-order valence-electron chi connectivity index (χ3n) is 4.29. The number of pyridine rings is 1. The zero-order chi connectivity index (χ0) is 20.5. The van der Waals surface area contributed by atoms with Crippen LogP contribution in [-0.2, 0) is 6.54 Å². The summed E-state index contributed by atoms with van der Waals surface area (Å²) in [4.78, 5) is 8.87. The molecule has 4 rings (SSSR count). The molecular formula is C18H17F2N7O2. The first-order valence-electron chi connectivity index (χ1n) is 8.54. The summed E-state index contributed by atoms with van der Waals surface area (Å²) in [6, 6.07) is 3.51. The highest BCUT2D eigenvalue weighted by atomic mass is 19.3. The van der Waals surface area contributed by atoms with E-state index in [0.717, 1.165) is 4.68 Å². The van der Waals surface area contributed by atoms with Gasteiger partial charge in [-0.1, -0.05) is 0 Å². The standard InChI is InChI=1S/C18H17F2N7O2/c1-28-13-5-10(6-22-18(13)29-2)12-3-4-27-17(24-12)15(16(21)25-27)11-7-23-26(8-11)9-14(19)20/h3-8,14H,9H2,1-2H3,(H2,21,25). The lowest BCUT2D eigenvalue weighted by Crippen LogP contribution is -2.06. The molecule has 0 aromatic carbocycles. The van der Waals surface area contributed by atoms with Crippen molar-refractivity contribution in [3.05, 3.63) is 36.9 Å². The molecule has 4 aromatic rings. The maximum atomic E-state index is 12.6. The van der Waals surface area contributed by atoms with Gasteiger partial charge in [0.15, 0.2) is 17.2 Å². The van der Waals surface area contributed by atoms with E-state index in [0.29, 0.717) is 39.7 Å². The van der Waals surface area contributed by atoms with E-state index in [-0.39, 0.29) is 5.82 Å². The van der Waals surface area contributed by atoms with Crippen LogP contribution in [0.2, 0.25) is 0 Å². The van der Waals surface area contributed by atoms with Crippen molar-refractivity contribution in [1.29, 1.82) is 0 Å². The summed E-state index contributed by atoms with van der Waals surface area (Å²) < 4.78 is 38.4. The second kappa shape index (κ2) is 7.34. The molecule has 0 unspecified atom stereocenters. The van der Waals surface area contributed by atoms with E-state index in [4.69, 9.17) is 15.2 Å². The molecule has 4 aromatic heterocycles. The minimum Gasteiger partial charge on any atom is -0.491 e. The number of alkyl halides is 2. The molecule has 0 atom stereocenters. The number of nitrogen functional groups attached to an aromatic ring is 1. The van der Waals surface area contributed by atoms with Crippen molar-refractivity contribution >= 4 is 11.5 Å². The van der Waals surface area contributed by atoms with Gasteiger partial charge in [-0.2, -0.15) is 5.10 Å². The zero-order valence-corrected chi connectivity index (χ0v) is 15.6. The molecule has 0 saturated carbocycles. The Morgan fingerprint density at radius 1 is 1.17 bits per heavy atom.